The van der Waals surface area contributed by atoms with E-state index in [0.29, 0.717) is 12.5 Å². The fourth-order valence-corrected chi connectivity index (χ4v) is 2.70. The normalized spacial score (nSPS) is 11.4. The molecule has 0 bridgehead atoms. The predicted octanol–water partition coefficient (Wildman–Crippen LogP) is 5.18. The summed E-state index contributed by atoms with van der Waals surface area (Å²) in [4.78, 5) is 0. The van der Waals surface area contributed by atoms with E-state index in [2.05, 4.69) is 39.1 Å². The standard InChI is InChI=1S/C18H30ClNO/c1-13(2)7-6-8-20-9-10-21-18-12-16(14(3)4)17(19)11-15(18)5/h11-14,20H,6-10H2,1-5H3. The summed E-state index contributed by atoms with van der Waals surface area (Å²) < 4.78 is 5.89. The van der Waals surface area contributed by atoms with Gasteiger partial charge in [-0.15, -0.1) is 0 Å². The van der Waals surface area contributed by atoms with Crippen molar-refractivity contribution >= 4 is 11.6 Å². The highest BCUT2D eigenvalue weighted by Crippen LogP contribution is 2.31. The van der Waals surface area contributed by atoms with Crippen LogP contribution in [0.1, 0.15) is 57.6 Å². The third kappa shape index (κ3) is 6.71. The van der Waals surface area contributed by atoms with Gasteiger partial charge in [-0.1, -0.05) is 39.3 Å². The van der Waals surface area contributed by atoms with Crippen LogP contribution in [0.25, 0.3) is 0 Å². The zero-order valence-corrected chi connectivity index (χ0v) is 14.9. The van der Waals surface area contributed by atoms with Crippen LogP contribution in [0.3, 0.4) is 0 Å². The molecule has 0 amide bonds. The molecule has 0 aliphatic rings. The topological polar surface area (TPSA) is 21.3 Å². The highest BCUT2D eigenvalue weighted by Gasteiger charge is 2.09. The summed E-state index contributed by atoms with van der Waals surface area (Å²) in [6.45, 7) is 13.5. The number of rotatable bonds is 9. The quantitative estimate of drug-likeness (QED) is 0.635. The number of benzene rings is 1. The smallest absolute Gasteiger partial charge is 0.122 e. The molecule has 1 N–H and O–H groups in total. The van der Waals surface area contributed by atoms with Crippen molar-refractivity contribution in [1.29, 1.82) is 0 Å². The van der Waals surface area contributed by atoms with Crippen molar-refractivity contribution in [2.24, 2.45) is 5.92 Å². The molecule has 0 aromatic heterocycles. The SMILES string of the molecule is Cc1cc(Cl)c(C(C)C)cc1OCCNCCCC(C)C. The maximum Gasteiger partial charge on any atom is 0.122 e. The van der Waals surface area contributed by atoms with Crippen molar-refractivity contribution < 1.29 is 4.74 Å². The largest absolute Gasteiger partial charge is 0.492 e. The molecule has 0 heterocycles. The second-order valence-electron chi connectivity index (χ2n) is 6.43. The van der Waals surface area contributed by atoms with Crippen LogP contribution in [0.15, 0.2) is 12.1 Å². The van der Waals surface area contributed by atoms with E-state index in [0.717, 1.165) is 40.9 Å². The lowest BCUT2D eigenvalue weighted by Crippen LogP contribution is -2.22. The zero-order chi connectivity index (χ0) is 15.8. The van der Waals surface area contributed by atoms with Crippen LogP contribution in [0.2, 0.25) is 5.02 Å². The molecule has 21 heavy (non-hydrogen) atoms. The van der Waals surface area contributed by atoms with E-state index in [9.17, 15) is 0 Å². The number of aryl methyl sites for hydroxylation is 1. The Labute approximate surface area is 135 Å². The Morgan fingerprint density at radius 1 is 1.14 bits per heavy atom. The van der Waals surface area contributed by atoms with Crippen LogP contribution < -0.4 is 10.1 Å². The van der Waals surface area contributed by atoms with E-state index in [1.54, 1.807) is 0 Å². The van der Waals surface area contributed by atoms with E-state index in [1.165, 1.54) is 12.8 Å². The van der Waals surface area contributed by atoms with Gasteiger partial charge in [0.2, 0.25) is 0 Å². The van der Waals surface area contributed by atoms with Gasteiger partial charge in [0.1, 0.15) is 12.4 Å². The minimum Gasteiger partial charge on any atom is -0.492 e. The Morgan fingerprint density at radius 2 is 1.86 bits per heavy atom. The van der Waals surface area contributed by atoms with Gasteiger partial charge in [-0.3, -0.25) is 0 Å². The molecule has 0 spiro atoms. The molecule has 2 nitrogen and oxygen atoms in total. The Balaban J connectivity index is 2.37. The molecule has 120 valence electrons. The van der Waals surface area contributed by atoms with Gasteiger partial charge in [-0.2, -0.15) is 0 Å². The van der Waals surface area contributed by atoms with Crippen LogP contribution in [0, 0.1) is 12.8 Å². The fourth-order valence-electron chi connectivity index (χ4n) is 2.26. The van der Waals surface area contributed by atoms with Gasteiger partial charge in [-0.05, 0) is 61.4 Å². The van der Waals surface area contributed by atoms with E-state index >= 15 is 0 Å². The van der Waals surface area contributed by atoms with E-state index in [-0.39, 0.29) is 0 Å². The first kappa shape index (κ1) is 18.3. The molecule has 3 heteroatoms. The average Bonchev–Trinajstić information content (AvgIpc) is 2.38. The molecule has 0 aliphatic heterocycles. The molecule has 1 aromatic rings. The summed E-state index contributed by atoms with van der Waals surface area (Å²) in [5.74, 6) is 2.15. The van der Waals surface area contributed by atoms with Crippen molar-refractivity contribution in [3.8, 4) is 5.75 Å². The van der Waals surface area contributed by atoms with Gasteiger partial charge in [-0.25, -0.2) is 0 Å². The van der Waals surface area contributed by atoms with Crippen molar-refractivity contribution in [3.63, 3.8) is 0 Å². The second kappa shape index (κ2) is 9.32. The molecule has 0 unspecified atom stereocenters. The third-order valence-electron chi connectivity index (χ3n) is 3.59. The first-order valence-corrected chi connectivity index (χ1v) is 8.43. The average molecular weight is 312 g/mol. The Hall–Kier alpha value is -0.730. The summed E-state index contributed by atoms with van der Waals surface area (Å²) in [5, 5.41) is 4.26. The molecular formula is C18H30ClNO. The molecule has 0 fully saturated rings. The van der Waals surface area contributed by atoms with Gasteiger partial charge in [0.25, 0.3) is 0 Å². The van der Waals surface area contributed by atoms with Crippen molar-refractivity contribution in [2.45, 2.75) is 53.4 Å². The zero-order valence-electron chi connectivity index (χ0n) is 14.1. The molecule has 0 saturated carbocycles. The lowest BCUT2D eigenvalue weighted by Gasteiger charge is -2.15. The predicted molar refractivity (Wildman–Crippen MR) is 92.7 cm³/mol. The molecular weight excluding hydrogens is 282 g/mol. The Bertz CT molecular complexity index is 429. The first-order chi connectivity index (χ1) is 9.91. The van der Waals surface area contributed by atoms with Gasteiger partial charge >= 0.3 is 0 Å². The monoisotopic (exact) mass is 311 g/mol. The summed E-state index contributed by atoms with van der Waals surface area (Å²) >= 11 is 6.27. The number of nitrogens with one attached hydrogen (secondary N) is 1. The fraction of sp³-hybridized carbons (Fsp3) is 0.667. The van der Waals surface area contributed by atoms with Crippen LogP contribution in [0.4, 0.5) is 0 Å². The number of halogens is 1. The van der Waals surface area contributed by atoms with Gasteiger partial charge < -0.3 is 10.1 Å². The van der Waals surface area contributed by atoms with Crippen molar-refractivity contribution in [2.75, 3.05) is 19.7 Å². The molecule has 1 aromatic carbocycles. The maximum atomic E-state index is 6.27. The summed E-state index contributed by atoms with van der Waals surface area (Å²) in [6, 6.07) is 4.09. The first-order valence-electron chi connectivity index (χ1n) is 8.05. The Morgan fingerprint density at radius 3 is 2.48 bits per heavy atom. The van der Waals surface area contributed by atoms with Crippen LogP contribution in [-0.4, -0.2) is 19.7 Å². The van der Waals surface area contributed by atoms with Crippen LogP contribution in [-0.2, 0) is 0 Å². The number of hydrogen-bond donors (Lipinski definition) is 1. The molecule has 0 aliphatic carbocycles. The van der Waals surface area contributed by atoms with E-state index < -0.39 is 0 Å². The minimum absolute atomic E-state index is 0.412. The van der Waals surface area contributed by atoms with Crippen molar-refractivity contribution in [1.82, 2.24) is 5.32 Å². The lowest BCUT2D eigenvalue weighted by molar-refractivity contribution is 0.310. The molecule has 0 saturated heterocycles. The van der Waals surface area contributed by atoms with Gasteiger partial charge in [0, 0.05) is 11.6 Å². The number of ether oxygens (including phenoxy) is 1. The van der Waals surface area contributed by atoms with Gasteiger partial charge in [0.15, 0.2) is 0 Å². The van der Waals surface area contributed by atoms with Crippen molar-refractivity contribution in [3.05, 3.63) is 28.3 Å². The molecule has 0 radical (unpaired) electrons. The number of hydrogen-bond acceptors (Lipinski definition) is 2. The molecule has 1 rings (SSSR count). The Kier molecular flexibility index (Phi) is 8.13. The highest BCUT2D eigenvalue weighted by molar-refractivity contribution is 6.31. The summed E-state index contributed by atoms with van der Waals surface area (Å²) in [7, 11) is 0. The third-order valence-corrected chi connectivity index (χ3v) is 3.92. The summed E-state index contributed by atoms with van der Waals surface area (Å²) in [5.41, 5.74) is 2.26. The van der Waals surface area contributed by atoms with E-state index in [4.69, 9.17) is 16.3 Å². The van der Waals surface area contributed by atoms with E-state index in [1.807, 2.05) is 13.0 Å². The second-order valence-corrected chi connectivity index (χ2v) is 6.84. The lowest BCUT2D eigenvalue weighted by atomic mass is 10.0. The van der Waals surface area contributed by atoms with Crippen LogP contribution in [0.5, 0.6) is 5.75 Å². The maximum absolute atomic E-state index is 6.27. The van der Waals surface area contributed by atoms with Crippen LogP contribution >= 0.6 is 11.6 Å². The minimum atomic E-state index is 0.412. The van der Waals surface area contributed by atoms with Gasteiger partial charge in [0.05, 0.1) is 0 Å². The highest BCUT2D eigenvalue weighted by atomic mass is 35.5. The molecule has 0 atom stereocenters. The summed E-state index contributed by atoms with van der Waals surface area (Å²) in [6.07, 6.45) is 2.51.